The first kappa shape index (κ1) is 9.87. The Kier molecular flexibility index (Phi) is 2.42. The van der Waals surface area contributed by atoms with Crippen LogP contribution in [0.4, 0.5) is 0 Å². The molecule has 0 fully saturated rings. The van der Waals surface area contributed by atoms with Gasteiger partial charge in [0.05, 0.1) is 11.4 Å². The molecule has 1 aliphatic heterocycles. The topological polar surface area (TPSA) is 29.9 Å². The van der Waals surface area contributed by atoms with E-state index >= 15 is 0 Å². The third-order valence-electron chi connectivity index (χ3n) is 2.88. The molecule has 0 aliphatic carbocycles. The summed E-state index contributed by atoms with van der Waals surface area (Å²) in [5, 5.41) is 8.33. The molecule has 1 aromatic heterocycles. The van der Waals surface area contributed by atoms with E-state index in [1.165, 1.54) is 5.69 Å². The number of aromatic nitrogens is 2. The lowest BCUT2D eigenvalue weighted by Crippen LogP contribution is -2.24. The minimum absolute atomic E-state index is 0.617. The van der Waals surface area contributed by atoms with Gasteiger partial charge in [-0.1, -0.05) is 29.8 Å². The molecule has 3 nitrogen and oxygen atoms in total. The van der Waals surface area contributed by atoms with Gasteiger partial charge in [-0.15, -0.1) is 0 Å². The van der Waals surface area contributed by atoms with Crippen LogP contribution in [0, 0.1) is 0 Å². The molecule has 4 heteroatoms. The third kappa shape index (κ3) is 1.52. The minimum Gasteiger partial charge on any atom is -0.312 e. The van der Waals surface area contributed by atoms with Crippen molar-refractivity contribution < 1.29 is 0 Å². The van der Waals surface area contributed by atoms with E-state index in [0.29, 0.717) is 5.15 Å². The molecule has 0 unspecified atom stereocenters. The van der Waals surface area contributed by atoms with Crippen molar-refractivity contribution in [1.82, 2.24) is 15.1 Å². The molecule has 0 saturated heterocycles. The lowest BCUT2D eigenvalue weighted by Gasteiger charge is -2.14. The molecule has 0 saturated carbocycles. The second kappa shape index (κ2) is 3.92. The number of fused-ring (bicyclic) bond motifs is 1. The Hall–Kier alpha value is -1.32. The summed E-state index contributed by atoms with van der Waals surface area (Å²) >= 11 is 6.14. The van der Waals surface area contributed by atoms with Gasteiger partial charge in [0.25, 0.3) is 0 Å². The van der Waals surface area contributed by atoms with E-state index in [1.54, 1.807) is 0 Å². The standard InChI is InChI=1S/C12H12ClN3/c13-12-10-8-14-7-6-11(10)16(15-12)9-4-2-1-3-5-9/h1-5,14H,6-8H2. The van der Waals surface area contributed by atoms with Crippen LogP contribution in [0.5, 0.6) is 0 Å². The molecular formula is C12H12ClN3. The number of hydrogen-bond acceptors (Lipinski definition) is 2. The summed E-state index contributed by atoms with van der Waals surface area (Å²) < 4.78 is 1.96. The fourth-order valence-corrected chi connectivity index (χ4v) is 2.34. The molecule has 0 spiro atoms. The Morgan fingerprint density at radius 1 is 1.25 bits per heavy atom. The van der Waals surface area contributed by atoms with E-state index in [9.17, 15) is 0 Å². The van der Waals surface area contributed by atoms with Crippen molar-refractivity contribution >= 4 is 11.6 Å². The van der Waals surface area contributed by atoms with Crippen LogP contribution < -0.4 is 5.32 Å². The van der Waals surface area contributed by atoms with Crippen molar-refractivity contribution in [3.05, 3.63) is 46.7 Å². The number of rotatable bonds is 1. The van der Waals surface area contributed by atoms with Gasteiger partial charge in [0.15, 0.2) is 5.15 Å². The van der Waals surface area contributed by atoms with Crippen LogP contribution in [-0.4, -0.2) is 16.3 Å². The number of halogens is 1. The highest BCUT2D eigenvalue weighted by Gasteiger charge is 2.19. The highest BCUT2D eigenvalue weighted by Crippen LogP contribution is 2.24. The number of para-hydroxylation sites is 1. The van der Waals surface area contributed by atoms with Crippen LogP contribution >= 0.6 is 11.6 Å². The highest BCUT2D eigenvalue weighted by atomic mass is 35.5. The fourth-order valence-electron chi connectivity index (χ4n) is 2.09. The summed E-state index contributed by atoms with van der Waals surface area (Å²) in [6.07, 6.45) is 0.976. The van der Waals surface area contributed by atoms with E-state index in [4.69, 9.17) is 11.6 Å². The predicted molar refractivity (Wildman–Crippen MR) is 64.0 cm³/mol. The first-order valence-electron chi connectivity index (χ1n) is 5.38. The number of nitrogens with one attached hydrogen (secondary N) is 1. The van der Waals surface area contributed by atoms with Gasteiger partial charge in [-0.2, -0.15) is 5.10 Å². The molecular weight excluding hydrogens is 222 g/mol. The van der Waals surface area contributed by atoms with Gasteiger partial charge in [-0.3, -0.25) is 0 Å². The highest BCUT2D eigenvalue weighted by molar-refractivity contribution is 6.30. The van der Waals surface area contributed by atoms with Crippen LogP contribution in [0.1, 0.15) is 11.3 Å². The van der Waals surface area contributed by atoms with Gasteiger partial charge in [-0.25, -0.2) is 4.68 Å². The predicted octanol–water partition coefficient (Wildman–Crippen LogP) is 2.17. The molecule has 3 rings (SSSR count). The molecule has 82 valence electrons. The second-order valence-corrected chi connectivity index (χ2v) is 4.25. The summed E-state index contributed by atoms with van der Waals surface area (Å²) in [7, 11) is 0. The number of nitrogens with zero attached hydrogens (tertiary/aromatic N) is 2. The lowest BCUT2D eigenvalue weighted by molar-refractivity contribution is 0.623. The summed E-state index contributed by atoms with van der Waals surface area (Å²) in [5.41, 5.74) is 3.44. The van der Waals surface area contributed by atoms with Gasteiger partial charge >= 0.3 is 0 Å². The molecule has 1 N–H and O–H groups in total. The van der Waals surface area contributed by atoms with Gasteiger partial charge < -0.3 is 5.32 Å². The quantitative estimate of drug-likeness (QED) is 0.818. The van der Waals surface area contributed by atoms with E-state index in [2.05, 4.69) is 10.4 Å². The third-order valence-corrected chi connectivity index (χ3v) is 3.19. The Balaban J connectivity index is 2.15. The van der Waals surface area contributed by atoms with Crippen LogP contribution in [0.3, 0.4) is 0 Å². The van der Waals surface area contributed by atoms with E-state index in [-0.39, 0.29) is 0 Å². The molecule has 0 bridgehead atoms. The van der Waals surface area contributed by atoms with Gasteiger partial charge in [0.2, 0.25) is 0 Å². The maximum Gasteiger partial charge on any atom is 0.156 e. The number of hydrogen-bond donors (Lipinski definition) is 1. The fraction of sp³-hybridized carbons (Fsp3) is 0.250. The van der Waals surface area contributed by atoms with Gasteiger partial charge in [-0.05, 0) is 12.1 Å². The zero-order chi connectivity index (χ0) is 11.0. The summed E-state index contributed by atoms with van der Waals surface area (Å²) in [4.78, 5) is 0. The zero-order valence-corrected chi connectivity index (χ0v) is 9.54. The molecule has 1 aliphatic rings. The normalized spacial score (nSPS) is 14.8. The minimum atomic E-state index is 0.617. The van der Waals surface area contributed by atoms with Crippen molar-refractivity contribution in [2.75, 3.05) is 6.54 Å². The zero-order valence-electron chi connectivity index (χ0n) is 8.78. The Morgan fingerprint density at radius 3 is 2.88 bits per heavy atom. The largest absolute Gasteiger partial charge is 0.312 e. The second-order valence-electron chi connectivity index (χ2n) is 3.89. The first-order valence-corrected chi connectivity index (χ1v) is 5.76. The van der Waals surface area contributed by atoms with Crippen molar-refractivity contribution in [3.63, 3.8) is 0 Å². The maximum absolute atomic E-state index is 6.14. The van der Waals surface area contributed by atoms with Crippen LogP contribution in [-0.2, 0) is 13.0 Å². The molecule has 0 amide bonds. The lowest BCUT2D eigenvalue weighted by atomic mass is 10.1. The van der Waals surface area contributed by atoms with E-state index in [0.717, 1.165) is 30.8 Å². The SMILES string of the molecule is Clc1nn(-c2ccccc2)c2c1CNCC2. The monoisotopic (exact) mass is 233 g/mol. The van der Waals surface area contributed by atoms with Crippen LogP contribution in [0.15, 0.2) is 30.3 Å². The van der Waals surface area contributed by atoms with E-state index in [1.807, 2.05) is 35.0 Å². The molecule has 1 aromatic carbocycles. The molecule has 2 aromatic rings. The van der Waals surface area contributed by atoms with Crippen molar-refractivity contribution in [2.24, 2.45) is 0 Å². The van der Waals surface area contributed by atoms with Crippen molar-refractivity contribution in [1.29, 1.82) is 0 Å². The van der Waals surface area contributed by atoms with Crippen LogP contribution in [0.2, 0.25) is 5.15 Å². The first-order chi connectivity index (χ1) is 7.86. The molecule has 16 heavy (non-hydrogen) atoms. The smallest absolute Gasteiger partial charge is 0.156 e. The van der Waals surface area contributed by atoms with Crippen molar-refractivity contribution in [3.8, 4) is 5.69 Å². The maximum atomic E-state index is 6.14. The Bertz CT molecular complexity index is 504. The summed E-state index contributed by atoms with van der Waals surface area (Å²) in [6, 6.07) is 10.1. The average molecular weight is 234 g/mol. The molecule has 2 heterocycles. The average Bonchev–Trinajstić information content (AvgIpc) is 2.69. The molecule has 0 radical (unpaired) electrons. The summed E-state index contributed by atoms with van der Waals surface area (Å²) in [5.74, 6) is 0. The van der Waals surface area contributed by atoms with Crippen molar-refractivity contribution in [2.45, 2.75) is 13.0 Å². The van der Waals surface area contributed by atoms with Gasteiger partial charge in [0.1, 0.15) is 0 Å². The Labute approximate surface area is 99.0 Å². The number of benzene rings is 1. The summed E-state index contributed by atoms with van der Waals surface area (Å²) in [6.45, 7) is 1.81. The van der Waals surface area contributed by atoms with E-state index < -0.39 is 0 Å². The van der Waals surface area contributed by atoms with Crippen LogP contribution in [0.25, 0.3) is 5.69 Å². The van der Waals surface area contributed by atoms with Gasteiger partial charge in [0, 0.05) is 25.1 Å². The Morgan fingerprint density at radius 2 is 2.06 bits per heavy atom. The molecule has 0 atom stereocenters.